The van der Waals surface area contributed by atoms with Crippen molar-refractivity contribution in [1.29, 1.82) is 0 Å². The highest BCUT2D eigenvalue weighted by Gasteiger charge is 2.41. The van der Waals surface area contributed by atoms with Gasteiger partial charge in [0, 0.05) is 37.3 Å². The van der Waals surface area contributed by atoms with Crippen LogP contribution in [0.5, 0.6) is 0 Å². The number of fused-ring (bicyclic) bond motifs is 2. The van der Waals surface area contributed by atoms with E-state index in [0.29, 0.717) is 30.7 Å². The number of halogens is 1. The largest absolute Gasteiger partial charge is 0.338 e. The van der Waals surface area contributed by atoms with Crippen LogP contribution >= 0.6 is 0 Å². The molecule has 1 aromatic rings. The number of hydrogen-bond acceptors (Lipinski definition) is 3. The fourth-order valence-electron chi connectivity index (χ4n) is 4.69. The number of amides is 2. The molecule has 0 saturated carbocycles. The van der Waals surface area contributed by atoms with E-state index < -0.39 is 0 Å². The molecule has 0 aromatic heterocycles. The van der Waals surface area contributed by atoms with Crippen molar-refractivity contribution in [1.82, 2.24) is 15.1 Å². The number of carbonyl (C=O) groups is 2. The molecule has 2 amide bonds. The fourth-order valence-corrected chi connectivity index (χ4v) is 4.69. The van der Waals surface area contributed by atoms with Crippen LogP contribution < -0.4 is 5.32 Å². The van der Waals surface area contributed by atoms with E-state index in [4.69, 9.17) is 0 Å². The Morgan fingerprint density at radius 2 is 1.81 bits per heavy atom. The van der Waals surface area contributed by atoms with E-state index in [2.05, 4.69) is 10.2 Å². The quantitative estimate of drug-likeness (QED) is 0.879. The zero-order chi connectivity index (χ0) is 18.1. The van der Waals surface area contributed by atoms with Gasteiger partial charge in [-0.1, -0.05) is 0 Å². The predicted octanol–water partition coefficient (Wildman–Crippen LogP) is 2.03. The van der Waals surface area contributed by atoms with Crippen LogP contribution in [0.1, 0.15) is 42.5 Å². The number of nitrogens with zero attached hydrogens (tertiary/aromatic N) is 2. The molecule has 1 N–H and O–H groups in total. The second-order valence-electron chi connectivity index (χ2n) is 7.72. The Labute approximate surface area is 153 Å². The van der Waals surface area contributed by atoms with Gasteiger partial charge in [-0.25, -0.2) is 4.39 Å². The van der Waals surface area contributed by atoms with Crippen LogP contribution in [-0.2, 0) is 4.79 Å². The number of benzene rings is 1. The fraction of sp³-hybridized carbons (Fsp3) is 0.600. The van der Waals surface area contributed by atoms with Gasteiger partial charge in [0.25, 0.3) is 5.91 Å². The standard InChI is InChI=1S/C20H26FN3O2/c21-16-5-3-14(4-6-16)19(25)23-11-1-2-15(13-23)20(26)24-17-7-8-18(24)12-22-10-9-17/h3-6,15,17-18,22H,1-2,7-13H2. The molecule has 6 heteroatoms. The Morgan fingerprint density at radius 1 is 1.04 bits per heavy atom. The number of rotatable bonds is 2. The van der Waals surface area contributed by atoms with Crippen LogP contribution in [-0.4, -0.2) is 59.9 Å². The van der Waals surface area contributed by atoms with Gasteiger partial charge in [0.05, 0.1) is 5.92 Å². The minimum absolute atomic E-state index is 0.108. The molecule has 140 valence electrons. The number of carbonyl (C=O) groups excluding carboxylic acids is 2. The summed E-state index contributed by atoms with van der Waals surface area (Å²) >= 11 is 0. The molecule has 2 bridgehead atoms. The third-order valence-corrected chi connectivity index (χ3v) is 6.06. The highest BCUT2D eigenvalue weighted by molar-refractivity contribution is 5.94. The Balaban J connectivity index is 1.45. The number of hydrogen-bond donors (Lipinski definition) is 1. The van der Waals surface area contributed by atoms with Crippen molar-refractivity contribution in [2.45, 2.75) is 44.2 Å². The maximum Gasteiger partial charge on any atom is 0.253 e. The van der Waals surface area contributed by atoms with E-state index in [0.717, 1.165) is 45.2 Å². The molecule has 3 fully saturated rings. The number of likely N-dealkylation sites (tertiary alicyclic amines) is 1. The number of nitrogens with one attached hydrogen (secondary N) is 1. The van der Waals surface area contributed by atoms with E-state index >= 15 is 0 Å². The summed E-state index contributed by atoms with van der Waals surface area (Å²) < 4.78 is 13.1. The van der Waals surface area contributed by atoms with Crippen molar-refractivity contribution in [2.75, 3.05) is 26.2 Å². The van der Waals surface area contributed by atoms with Crippen LogP contribution in [0.2, 0.25) is 0 Å². The van der Waals surface area contributed by atoms with Crippen molar-refractivity contribution < 1.29 is 14.0 Å². The highest BCUT2D eigenvalue weighted by atomic mass is 19.1. The number of piperidine rings is 1. The lowest BCUT2D eigenvalue weighted by molar-refractivity contribution is -0.139. The molecule has 3 aliphatic rings. The van der Waals surface area contributed by atoms with Crippen LogP contribution in [0.4, 0.5) is 4.39 Å². The first-order valence-electron chi connectivity index (χ1n) is 9.71. The van der Waals surface area contributed by atoms with Crippen LogP contribution in [0.15, 0.2) is 24.3 Å². The molecule has 26 heavy (non-hydrogen) atoms. The predicted molar refractivity (Wildman–Crippen MR) is 96.2 cm³/mol. The first-order chi connectivity index (χ1) is 12.6. The Hall–Kier alpha value is -1.95. The van der Waals surface area contributed by atoms with Gasteiger partial charge in [-0.15, -0.1) is 0 Å². The second kappa shape index (κ2) is 7.35. The Morgan fingerprint density at radius 3 is 2.62 bits per heavy atom. The minimum Gasteiger partial charge on any atom is -0.338 e. The summed E-state index contributed by atoms with van der Waals surface area (Å²) in [6.07, 6.45) is 4.88. The van der Waals surface area contributed by atoms with E-state index in [1.807, 2.05) is 0 Å². The van der Waals surface area contributed by atoms with E-state index in [9.17, 15) is 14.0 Å². The van der Waals surface area contributed by atoms with Gasteiger partial charge in [-0.3, -0.25) is 9.59 Å². The van der Waals surface area contributed by atoms with Crippen molar-refractivity contribution >= 4 is 11.8 Å². The third-order valence-electron chi connectivity index (χ3n) is 6.06. The van der Waals surface area contributed by atoms with Crippen molar-refractivity contribution in [3.63, 3.8) is 0 Å². The zero-order valence-corrected chi connectivity index (χ0v) is 15.0. The average Bonchev–Trinajstić information content (AvgIpc) is 2.94. The molecule has 5 nitrogen and oxygen atoms in total. The lowest BCUT2D eigenvalue weighted by Gasteiger charge is -2.37. The molecule has 3 saturated heterocycles. The van der Waals surface area contributed by atoms with Crippen molar-refractivity contribution in [3.05, 3.63) is 35.6 Å². The summed E-state index contributed by atoms with van der Waals surface area (Å²) in [4.78, 5) is 29.8. The minimum atomic E-state index is -0.349. The summed E-state index contributed by atoms with van der Waals surface area (Å²) in [6.45, 7) is 2.99. The molecular weight excluding hydrogens is 333 g/mol. The molecule has 4 rings (SSSR count). The maximum atomic E-state index is 13.2. The lowest BCUT2D eigenvalue weighted by Crippen LogP contribution is -2.50. The van der Waals surface area contributed by atoms with Crippen LogP contribution in [0, 0.1) is 11.7 Å². The summed E-state index contributed by atoms with van der Waals surface area (Å²) in [7, 11) is 0. The first-order valence-corrected chi connectivity index (χ1v) is 9.71. The van der Waals surface area contributed by atoms with E-state index in [1.54, 1.807) is 4.90 Å². The third kappa shape index (κ3) is 3.34. The summed E-state index contributed by atoms with van der Waals surface area (Å²) in [5, 5.41) is 3.43. The zero-order valence-electron chi connectivity index (χ0n) is 15.0. The van der Waals surface area contributed by atoms with Gasteiger partial charge >= 0.3 is 0 Å². The SMILES string of the molecule is O=C(c1ccc(F)cc1)N1CCCC(C(=O)N2C3CCNCC2CC3)C1. The van der Waals surface area contributed by atoms with Gasteiger partial charge in [0.2, 0.25) is 5.91 Å². The Bertz CT molecular complexity index is 664. The molecule has 3 aliphatic heterocycles. The second-order valence-corrected chi connectivity index (χ2v) is 7.72. The van der Waals surface area contributed by atoms with E-state index in [1.165, 1.54) is 24.3 Å². The molecule has 0 aliphatic carbocycles. The first kappa shape index (κ1) is 17.5. The van der Waals surface area contributed by atoms with Gasteiger partial charge in [0.1, 0.15) is 5.82 Å². The summed E-state index contributed by atoms with van der Waals surface area (Å²) in [6, 6.07) is 6.31. The van der Waals surface area contributed by atoms with Crippen molar-refractivity contribution in [2.24, 2.45) is 5.92 Å². The molecule has 1 aromatic carbocycles. The maximum absolute atomic E-state index is 13.2. The monoisotopic (exact) mass is 359 g/mol. The smallest absolute Gasteiger partial charge is 0.253 e. The van der Waals surface area contributed by atoms with Crippen LogP contribution in [0.25, 0.3) is 0 Å². The Kier molecular flexibility index (Phi) is 4.94. The topological polar surface area (TPSA) is 52.7 Å². The normalized spacial score (nSPS) is 28.7. The van der Waals surface area contributed by atoms with Crippen LogP contribution in [0.3, 0.4) is 0 Å². The summed E-state index contributed by atoms with van der Waals surface area (Å²) in [5.41, 5.74) is 0.485. The molecule has 3 atom stereocenters. The average molecular weight is 359 g/mol. The molecular formula is C20H26FN3O2. The molecule has 3 unspecified atom stereocenters. The molecule has 3 heterocycles. The van der Waals surface area contributed by atoms with E-state index in [-0.39, 0.29) is 23.5 Å². The van der Waals surface area contributed by atoms with Gasteiger partial charge in [-0.05, 0) is 62.9 Å². The van der Waals surface area contributed by atoms with Crippen molar-refractivity contribution in [3.8, 4) is 0 Å². The molecule has 0 radical (unpaired) electrons. The van der Waals surface area contributed by atoms with Gasteiger partial charge < -0.3 is 15.1 Å². The van der Waals surface area contributed by atoms with Gasteiger partial charge in [-0.2, -0.15) is 0 Å². The molecule has 0 spiro atoms. The van der Waals surface area contributed by atoms with Gasteiger partial charge in [0.15, 0.2) is 0 Å². The summed E-state index contributed by atoms with van der Waals surface area (Å²) in [5.74, 6) is -0.353. The highest BCUT2D eigenvalue weighted by Crippen LogP contribution is 2.31. The lowest BCUT2D eigenvalue weighted by atomic mass is 9.95.